The van der Waals surface area contributed by atoms with E-state index in [1.165, 1.54) is 0 Å². The normalized spacial score (nSPS) is 14.2. The summed E-state index contributed by atoms with van der Waals surface area (Å²) in [6.45, 7) is 3.92. The predicted molar refractivity (Wildman–Crippen MR) is 96.3 cm³/mol. The lowest BCUT2D eigenvalue weighted by Gasteiger charge is -2.34. The molecule has 1 saturated heterocycles. The van der Waals surface area contributed by atoms with E-state index in [-0.39, 0.29) is 36.4 Å². The number of nitrogens with zero attached hydrogens (tertiary/aromatic N) is 2. The van der Waals surface area contributed by atoms with Gasteiger partial charge in [-0.2, -0.15) is 0 Å². The fourth-order valence-corrected chi connectivity index (χ4v) is 2.59. The number of carbonyl (C=O) groups excluding carboxylic acids is 3. The van der Waals surface area contributed by atoms with Crippen LogP contribution in [-0.2, 0) is 20.9 Å². The Kier molecular flexibility index (Phi) is 7.24. The number of aryl methyl sites for hydroxylation is 1. The molecule has 1 aliphatic heterocycles. The van der Waals surface area contributed by atoms with Gasteiger partial charge < -0.3 is 19.9 Å². The largest absolute Gasteiger partial charge is 0.445 e. The minimum Gasteiger partial charge on any atom is -0.445 e. The third-order valence-corrected chi connectivity index (χ3v) is 4.44. The molecule has 1 fully saturated rings. The third kappa shape index (κ3) is 6.04. The molecule has 0 saturated carbocycles. The first kappa shape index (κ1) is 19.2. The summed E-state index contributed by atoms with van der Waals surface area (Å²) in [6, 6.07) is 7.81. The van der Waals surface area contributed by atoms with Crippen molar-refractivity contribution in [2.45, 2.75) is 13.5 Å². The van der Waals surface area contributed by atoms with Gasteiger partial charge in [-0.25, -0.2) is 4.79 Å². The Morgan fingerprint density at radius 2 is 1.68 bits per heavy atom. The van der Waals surface area contributed by atoms with Gasteiger partial charge in [-0.05, 0) is 12.5 Å². The Balaban J connectivity index is 1.71. The molecule has 1 aliphatic rings. The van der Waals surface area contributed by atoms with Gasteiger partial charge in [-0.15, -0.1) is 0 Å². The van der Waals surface area contributed by atoms with Crippen LogP contribution in [-0.4, -0.2) is 65.8 Å². The van der Waals surface area contributed by atoms with Crippen LogP contribution in [0.15, 0.2) is 24.3 Å². The first-order valence-corrected chi connectivity index (χ1v) is 9.19. The molecular weight excluding hydrogens is 390 g/mol. The van der Waals surface area contributed by atoms with Crippen LogP contribution in [0.25, 0.3) is 0 Å². The van der Waals surface area contributed by atoms with Gasteiger partial charge in [-0.1, -0.05) is 45.8 Å². The van der Waals surface area contributed by atoms with Gasteiger partial charge in [0.2, 0.25) is 11.8 Å². The summed E-state index contributed by atoms with van der Waals surface area (Å²) in [5.74, 6) is -0.381. The van der Waals surface area contributed by atoms with Crippen LogP contribution in [0.1, 0.15) is 11.1 Å². The van der Waals surface area contributed by atoms with Crippen LogP contribution in [0.2, 0.25) is 0 Å². The molecule has 2 rings (SSSR count). The van der Waals surface area contributed by atoms with Gasteiger partial charge >= 0.3 is 6.09 Å². The van der Waals surface area contributed by atoms with Crippen LogP contribution in [0.5, 0.6) is 0 Å². The zero-order valence-electron chi connectivity index (χ0n) is 14.2. The average Bonchev–Trinajstić information content (AvgIpc) is 2.65. The number of amides is 3. The highest BCUT2D eigenvalue weighted by Crippen LogP contribution is 2.08. The molecule has 1 aromatic carbocycles. The number of benzene rings is 1. The fourth-order valence-electron chi connectivity index (χ4n) is 2.39. The number of hydrogen-bond acceptors (Lipinski definition) is 4. The highest BCUT2D eigenvalue weighted by molar-refractivity contribution is 9.09. The lowest BCUT2D eigenvalue weighted by molar-refractivity contribution is -0.133. The lowest BCUT2D eigenvalue weighted by atomic mass is 10.2. The van der Waals surface area contributed by atoms with E-state index in [0.29, 0.717) is 26.2 Å². The van der Waals surface area contributed by atoms with Crippen molar-refractivity contribution in [3.8, 4) is 0 Å². The molecular formula is C17H22BrN3O4. The van der Waals surface area contributed by atoms with Gasteiger partial charge in [0.25, 0.3) is 0 Å². The number of nitrogens with one attached hydrogen (secondary N) is 1. The van der Waals surface area contributed by atoms with E-state index in [2.05, 4.69) is 21.2 Å². The molecule has 3 amide bonds. The standard InChI is InChI=1S/C17H22BrN3O4/c1-13-2-4-14(5-3-13)12-25-17(24)21-8-6-20(7-9-21)16(23)11-19-15(22)10-18/h2-5H,6-12H2,1H3,(H,19,22). The predicted octanol–water partition coefficient (Wildman–Crippen LogP) is 1.29. The second-order valence-corrected chi connectivity index (χ2v) is 6.38. The fraction of sp³-hybridized carbons (Fsp3) is 0.471. The molecule has 136 valence electrons. The van der Waals surface area contributed by atoms with Gasteiger partial charge in [0.05, 0.1) is 11.9 Å². The van der Waals surface area contributed by atoms with E-state index in [0.717, 1.165) is 11.1 Å². The van der Waals surface area contributed by atoms with Crippen LogP contribution in [0.3, 0.4) is 0 Å². The maximum Gasteiger partial charge on any atom is 0.410 e. The van der Waals surface area contributed by atoms with E-state index in [9.17, 15) is 14.4 Å². The number of rotatable bonds is 5. The zero-order valence-corrected chi connectivity index (χ0v) is 15.8. The molecule has 0 atom stereocenters. The maximum absolute atomic E-state index is 12.1. The molecule has 0 spiro atoms. The monoisotopic (exact) mass is 411 g/mol. The Hall–Kier alpha value is -2.09. The summed E-state index contributed by atoms with van der Waals surface area (Å²) in [4.78, 5) is 38.5. The summed E-state index contributed by atoms with van der Waals surface area (Å²) in [7, 11) is 0. The van der Waals surface area contributed by atoms with Crippen molar-refractivity contribution < 1.29 is 19.1 Å². The molecule has 1 aromatic rings. The Bertz CT molecular complexity index is 613. The molecule has 1 heterocycles. The number of alkyl halides is 1. The van der Waals surface area contributed by atoms with Crippen molar-refractivity contribution in [3.63, 3.8) is 0 Å². The van der Waals surface area contributed by atoms with Crippen molar-refractivity contribution in [1.82, 2.24) is 15.1 Å². The summed E-state index contributed by atoms with van der Waals surface area (Å²) < 4.78 is 5.32. The van der Waals surface area contributed by atoms with E-state index >= 15 is 0 Å². The number of halogens is 1. The van der Waals surface area contributed by atoms with Gasteiger partial charge in [0.15, 0.2) is 0 Å². The maximum atomic E-state index is 12.1. The molecule has 25 heavy (non-hydrogen) atoms. The molecule has 0 radical (unpaired) electrons. The molecule has 0 aliphatic carbocycles. The number of ether oxygens (including phenoxy) is 1. The molecule has 0 unspecified atom stereocenters. The van der Waals surface area contributed by atoms with Crippen LogP contribution in [0, 0.1) is 6.92 Å². The van der Waals surface area contributed by atoms with Gasteiger partial charge in [0.1, 0.15) is 6.61 Å². The van der Waals surface area contributed by atoms with Crippen molar-refractivity contribution in [2.75, 3.05) is 38.1 Å². The first-order chi connectivity index (χ1) is 12.0. The van der Waals surface area contributed by atoms with E-state index < -0.39 is 0 Å². The number of hydrogen-bond donors (Lipinski definition) is 1. The Morgan fingerprint density at radius 3 is 2.28 bits per heavy atom. The van der Waals surface area contributed by atoms with Crippen molar-refractivity contribution in [3.05, 3.63) is 35.4 Å². The minimum atomic E-state index is -0.375. The second kappa shape index (κ2) is 9.41. The summed E-state index contributed by atoms with van der Waals surface area (Å²) >= 11 is 3.02. The smallest absolute Gasteiger partial charge is 0.410 e. The van der Waals surface area contributed by atoms with E-state index in [1.54, 1.807) is 9.80 Å². The summed E-state index contributed by atoms with van der Waals surface area (Å²) in [6.07, 6.45) is -0.375. The average molecular weight is 412 g/mol. The van der Waals surface area contributed by atoms with E-state index in [4.69, 9.17) is 4.74 Å². The van der Waals surface area contributed by atoms with Gasteiger partial charge in [0, 0.05) is 26.2 Å². The molecule has 7 nitrogen and oxygen atoms in total. The molecule has 0 bridgehead atoms. The summed E-state index contributed by atoms with van der Waals surface area (Å²) in [5.41, 5.74) is 2.10. The molecule has 8 heteroatoms. The molecule has 1 N–H and O–H groups in total. The third-order valence-electron chi connectivity index (χ3n) is 3.93. The number of piperazine rings is 1. The SMILES string of the molecule is Cc1ccc(COC(=O)N2CCN(C(=O)CNC(=O)CBr)CC2)cc1. The quantitative estimate of drug-likeness (QED) is 0.740. The van der Waals surface area contributed by atoms with Crippen molar-refractivity contribution >= 4 is 33.8 Å². The second-order valence-electron chi connectivity index (χ2n) is 5.82. The van der Waals surface area contributed by atoms with Crippen LogP contribution >= 0.6 is 15.9 Å². The highest BCUT2D eigenvalue weighted by atomic mass is 79.9. The van der Waals surface area contributed by atoms with Crippen LogP contribution < -0.4 is 5.32 Å². The van der Waals surface area contributed by atoms with Crippen molar-refractivity contribution in [2.24, 2.45) is 0 Å². The lowest BCUT2D eigenvalue weighted by Crippen LogP contribution is -2.52. The van der Waals surface area contributed by atoms with Crippen molar-refractivity contribution in [1.29, 1.82) is 0 Å². The zero-order chi connectivity index (χ0) is 18.2. The number of carbonyl (C=O) groups is 3. The Labute approximate surface area is 155 Å². The van der Waals surface area contributed by atoms with E-state index in [1.807, 2.05) is 31.2 Å². The van der Waals surface area contributed by atoms with Gasteiger partial charge in [-0.3, -0.25) is 9.59 Å². The summed E-state index contributed by atoms with van der Waals surface area (Å²) in [5, 5.41) is 2.69. The van der Waals surface area contributed by atoms with Crippen LogP contribution in [0.4, 0.5) is 4.79 Å². The highest BCUT2D eigenvalue weighted by Gasteiger charge is 2.25. The minimum absolute atomic E-state index is 0.0255. The topological polar surface area (TPSA) is 79.0 Å². The molecule has 0 aromatic heterocycles. The first-order valence-electron chi connectivity index (χ1n) is 8.07. The Morgan fingerprint density at radius 1 is 1.08 bits per heavy atom.